The molecule has 1 atom stereocenters. The van der Waals surface area contributed by atoms with E-state index in [-0.39, 0.29) is 5.75 Å². The summed E-state index contributed by atoms with van der Waals surface area (Å²) >= 11 is 0. The second-order valence-electron chi connectivity index (χ2n) is 3.48. The highest BCUT2D eigenvalue weighted by Crippen LogP contribution is 2.06. The van der Waals surface area contributed by atoms with Crippen molar-refractivity contribution in [2.45, 2.75) is 11.8 Å². The molecule has 0 amide bonds. The Kier molecular flexibility index (Phi) is 4.03. The van der Waals surface area contributed by atoms with Crippen LogP contribution >= 0.6 is 0 Å². The summed E-state index contributed by atoms with van der Waals surface area (Å²) in [6, 6.07) is 7.20. The van der Waals surface area contributed by atoms with Crippen molar-refractivity contribution in [1.29, 1.82) is 0 Å². The van der Waals surface area contributed by atoms with E-state index in [9.17, 15) is 13.2 Å². The monoisotopic (exact) mass is 243 g/mol. The van der Waals surface area contributed by atoms with E-state index in [0.29, 0.717) is 5.56 Å². The van der Waals surface area contributed by atoms with Gasteiger partial charge < -0.3 is 10.8 Å². The molecule has 1 aromatic carbocycles. The highest BCUT2D eigenvalue weighted by atomic mass is 32.2. The number of hydrogen-bond donors (Lipinski definition) is 2. The summed E-state index contributed by atoms with van der Waals surface area (Å²) in [5.74, 6) is -2.04. The first-order valence-electron chi connectivity index (χ1n) is 4.63. The van der Waals surface area contributed by atoms with Crippen LogP contribution in [-0.4, -0.2) is 31.3 Å². The number of nitrogens with two attached hydrogens (primary N) is 1. The van der Waals surface area contributed by atoms with Gasteiger partial charge in [-0.3, -0.25) is 4.79 Å². The molecule has 16 heavy (non-hydrogen) atoms. The van der Waals surface area contributed by atoms with Crippen molar-refractivity contribution >= 4 is 15.8 Å². The number of carboxylic acid groups (broad SMARTS) is 1. The molecule has 1 unspecified atom stereocenters. The molecule has 0 aromatic heterocycles. The van der Waals surface area contributed by atoms with Crippen LogP contribution in [0.25, 0.3) is 0 Å². The Labute approximate surface area is 93.8 Å². The molecule has 5 nitrogen and oxygen atoms in total. The minimum atomic E-state index is -3.48. The van der Waals surface area contributed by atoms with E-state index >= 15 is 0 Å². The summed E-state index contributed by atoms with van der Waals surface area (Å²) in [6.45, 7) is 0. The molecule has 1 aromatic rings. The zero-order valence-electron chi connectivity index (χ0n) is 8.54. The Bertz CT molecular complexity index is 455. The van der Waals surface area contributed by atoms with Crippen LogP contribution in [0.2, 0.25) is 0 Å². The van der Waals surface area contributed by atoms with Crippen molar-refractivity contribution in [2.24, 2.45) is 5.73 Å². The molecule has 3 N–H and O–H groups in total. The molecule has 0 bridgehead atoms. The Balaban J connectivity index is 2.70. The Morgan fingerprint density at radius 2 is 1.88 bits per heavy atom. The number of sulfone groups is 1. The van der Waals surface area contributed by atoms with Gasteiger partial charge >= 0.3 is 5.97 Å². The lowest BCUT2D eigenvalue weighted by atomic mass is 10.2. The van der Waals surface area contributed by atoms with Crippen molar-refractivity contribution in [3.05, 3.63) is 35.9 Å². The van der Waals surface area contributed by atoms with Crippen molar-refractivity contribution in [3.8, 4) is 0 Å². The molecular weight excluding hydrogens is 230 g/mol. The molecular formula is C10H13NO4S. The number of rotatable bonds is 5. The molecule has 0 heterocycles. The molecule has 0 fully saturated rings. The zero-order chi connectivity index (χ0) is 12.2. The quantitative estimate of drug-likeness (QED) is 0.759. The number of hydrogen-bond acceptors (Lipinski definition) is 4. The smallest absolute Gasteiger partial charge is 0.321 e. The average molecular weight is 243 g/mol. The molecule has 0 spiro atoms. The van der Waals surface area contributed by atoms with Gasteiger partial charge in [-0.1, -0.05) is 30.3 Å². The molecule has 6 heteroatoms. The lowest BCUT2D eigenvalue weighted by molar-refractivity contribution is -0.137. The van der Waals surface area contributed by atoms with E-state index in [4.69, 9.17) is 10.8 Å². The number of carbonyl (C=O) groups is 1. The second-order valence-corrected chi connectivity index (χ2v) is 5.59. The fraction of sp³-hybridized carbons (Fsp3) is 0.300. The molecule has 0 radical (unpaired) electrons. The molecule has 88 valence electrons. The van der Waals surface area contributed by atoms with Gasteiger partial charge in [-0.25, -0.2) is 8.42 Å². The maximum absolute atomic E-state index is 11.6. The van der Waals surface area contributed by atoms with Gasteiger partial charge in [0.15, 0.2) is 9.84 Å². The first-order valence-corrected chi connectivity index (χ1v) is 6.45. The van der Waals surface area contributed by atoms with Crippen LogP contribution in [0.15, 0.2) is 30.3 Å². The molecule has 0 saturated carbocycles. The highest BCUT2D eigenvalue weighted by molar-refractivity contribution is 7.90. The van der Waals surface area contributed by atoms with Gasteiger partial charge in [-0.2, -0.15) is 0 Å². The third kappa shape index (κ3) is 4.00. The first kappa shape index (κ1) is 12.7. The summed E-state index contributed by atoms with van der Waals surface area (Å²) in [7, 11) is -3.48. The standard InChI is InChI=1S/C10H13NO4S/c11-9(10(12)13)7-16(14,15)6-8-4-2-1-3-5-8/h1-5,9H,6-7,11H2,(H,12,13). The molecule has 0 aliphatic carbocycles. The molecule has 0 aliphatic rings. The Morgan fingerprint density at radius 1 is 1.31 bits per heavy atom. The van der Waals surface area contributed by atoms with Gasteiger partial charge in [0.05, 0.1) is 11.5 Å². The predicted octanol–water partition coefficient (Wildman–Crippen LogP) is 0.0133. The fourth-order valence-corrected chi connectivity index (χ4v) is 2.74. The lowest BCUT2D eigenvalue weighted by Crippen LogP contribution is -2.37. The predicted molar refractivity (Wildman–Crippen MR) is 59.5 cm³/mol. The van der Waals surface area contributed by atoms with Gasteiger partial charge in [0.2, 0.25) is 0 Å². The van der Waals surface area contributed by atoms with Crippen LogP contribution in [-0.2, 0) is 20.4 Å². The maximum atomic E-state index is 11.6. The van der Waals surface area contributed by atoms with Gasteiger partial charge in [-0.15, -0.1) is 0 Å². The van der Waals surface area contributed by atoms with E-state index in [1.54, 1.807) is 30.3 Å². The van der Waals surface area contributed by atoms with Gasteiger partial charge in [0, 0.05) is 0 Å². The van der Waals surface area contributed by atoms with E-state index in [0.717, 1.165) is 0 Å². The van der Waals surface area contributed by atoms with E-state index < -0.39 is 27.6 Å². The van der Waals surface area contributed by atoms with Crippen LogP contribution in [0.3, 0.4) is 0 Å². The largest absolute Gasteiger partial charge is 0.480 e. The summed E-state index contributed by atoms with van der Waals surface area (Å²) < 4.78 is 23.1. The van der Waals surface area contributed by atoms with E-state index in [1.807, 2.05) is 0 Å². The summed E-state index contributed by atoms with van der Waals surface area (Å²) in [5, 5.41) is 8.52. The molecule has 0 saturated heterocycles. The minimum absolute atomic E-state index is 0.186. The van der Waals surface area contributed by atoms with E-state index in [2.05, 4.69) is 0 Å². The molecule has 0 aliphatic heterocycles. The lowest BCUT2D eigenvalue weighted by Gasteiger charge is -2.07. The van der Waals surface area contributed by atoms with Gasteiger partial charge in [0.1, 0.15) is 6.04 Å². The number of aliphatic carboxylic acids is 1. The zero-order valence-corrected chi connectivity index (χ0v) is 9.35. The third-order valence-corrected chi connectivity index (χ3v) is 3.62. The first-order chi connectivity index (χ1) is 7.41. The Hall–Kier alpha value is -1.40. The van der Waals surface area contributed by atoms with Crippen molar-refractivity contribution in [2.75, 3.05) is 5.75 Å². The second kappa shape index (κ2) is 5.09. The van der Waals surface area contributed by atoms with Crippen molar-refractivity contribution < 1.29 is 18.3 Å². The normalized spacial score (nSPS) is 13.3. The van der Waals surface area contributed by atoms with Crippen molar-refractivity contribution in [1.82, 2.24) is 0 Å². The maximum Gasteiger partial charge on any atom is 0.321 e. The van der Waals surface area contributed by atoms with Crippen LogP contribution in [0.4, 0.5) is 0 Å². The van der Waals surface area contributed by atoms with Crippen LogP contribution in [0, 0.1) is 0 Å². The highest BCUT2D eigenvalue weighted by Gasteiger charge is 2.21. The van der Waals surface area contributed by atoms with Gasteiger partial charge in [-0.05, 0) is 5.56 Å². The summed E-state index contributed by atoms with van der Waals surface area (Å²) in [5.41, 5.74) is 5.80. The third-order valence-electron chi connectivity index (χ3n) is 1.98. The SMILES string of the molecule is NC(CS(=O)(=O)Cc1ccccc1)C(=O)O. The van der Waals surface area contributed by atoms with Gasteiger partial charge in [0.25, 0.3) is 0 Å². The van der Waals surface area contributed by atoms with Crippen molar-refractivity contribution in [3.63, 3.8) is 0 Å². The molecule has 1 rings (SSSR count). The minimum Gasteiger partial charge on any atom is -0.480 e. The van der Waals surface area contributed by atoms with Crippen LogP contribution in [0.5, 0.6) is 0 Å². The number of benzene rings is 1. The Morgan fingerprint density at radius 3 is 2.38 bits per heavy atom. The number of carboxylic acids is 1. The van der Waals surface area contributed by atoms with E-state index in [1.165, 1.54) is 0 Å². The van der Waals surface area contributed by atoms with Crippen LogP contribution < -0.4 is 5.73 Å². The average Bonchev–Trinajstić information content (AvgIpc) is 2.17. The fourth-order valence-electron chi connectivity index (χ4n) is 1.23. The summed E-state index contributed by atoms with van der Waals surface area (Å²) in [4.78, 5) is 10.4. The summed E-state index contributed by atoms with van der Waals surface area (Å²) in [6.07, 6.45) is 0. The van der Waals surface area contributed by atoms with Crippen LogP contribution in [0.1, 0.15) is 5.56 Å². The topological polar surface area (TPSA) is 97.5 Å².